The molecule has 0 atom stereocenters. The smallest absolute Gasteiger partial charge is 0.189 e. The maximum atomic E-state index is 12.1. The zero-order valence-electron chi connectivity index (χ0n) is 11.4. The van der Waals surface area contributed by atoms with E-state index in [4.69, 9.17) is 0 Å². The van der Waals surface area contributed by atoms with Crippen molar-refractivity contribution in [3.63, 3.8) is 0 Å². The third-order valence-corrected chi connectivity index (χ3v) is 3.12. The summed E-state index contributed by atoms with van der Waals surface area (Å²) >= 11 is 0. The number of nitrogens with one attached hydrogen (secondary N) is 1. The van der Waals surface area contributed by atoms with Crippen LogP contribution in [0.25, 0.3) is 10.9 Å². The lowest BCUT2D eigenvalue weighted by molar-refractivity contribution is 0.636. The fourth-order valence-electron chi connectivity index (χ4n) is 2.34. The van der Waals surface area contributed by atoms with Crippen molar-refractivity contribution in [3.8, 4) is 0 Å². The van der Waals surface area contributed by atoms with Crippen LogP contribution in [-0.2, 0) is 12.8 Å². The van der Waals surface area contributed by atoms with E-state index in [1.165, 1.54) is 5.56 Å². The molecule has 0 unspecified atom stereocenters. The number of aromatic amines is 1. The van der Waals surface area contributed by atoms with E-state index in [2.05, 4.69) is 31.8 Å². The summed E-state index contributed by atoms with van der Waals surface area (Å²) < 4.78 is 0. The number of hydrogen-bond donors (Lipinski definition) is 1. The molecule has 0 aliphatic heterocycles. The molecule has 0 radical (unpaired) electrons. The van der Waals surface area contributed by atoms with Crippen molar-refractivity contribution in [3.05, 3.63) is 45.7 Å². The highest BCUT2D eigenvalue weighted by molar-refractivity contribution is 5.79. The van der Waals surface area contributed by atoms with Gasteiger partial charge in [-0.25, -0.2) is 0 Å². The molecule has 0 amide bonds. The molecule has 96 valence electrons. The molecule has 1 heterocycles. The number of pyridine rings is 1. The van der Waals surface area contributed by atoms with Crippen LogP contribution in [0, 0.1) is 5.92 Å². The first-order valence-electron chi connectivity index (χ1n) is 6.75. The van der Waals surface area contributed by atoms with Gasteiger partial charge < -0.3 is 4.98 Å². The number of fused-ring (bicyclic) bond motifs is 1. The quantitative estimate of drug-likeness (QED) is 0.873. The molecule has 1 aromatic heterocycles. The highest BCUT2D eigenvalue weighted by atomic mass is 16.1. The van der Waals surface area contributed by atoms with E-state index in [0.29, 0.717) is 5.92 Å². The summed E-state index contributed by atoms with van der Waals surface area (Å²) in [5, 5.41) is 0.813. The fourth-order valence-corrected chi connectivity index (χ4v) is 2.34. The van der Waals surface area contributed by atoms with Gasteiger partial charge in [0.25, 0.3) is 0 Å². The average molecular weight is 243 g/mol. The molecule has 1 N–H and O–H groups in total. The average Bonchev–Trinajstić information content (AvgIpc) is 2.29. The van der Waals surface area contributed by atoms with Crippen LogP contribution in [0.5, 0.6) is 0 Å². The van der Waals surface area contributed by atoms with Crippen molar-refractivity contribution in [2.45, 2.75) is 40.0 Å². The van der Waals surface area contributed by atoms with E-state index < -0.39 is 0 Å². The molecule has 0 saturated heterocycles. The van der Waals surface area contributed by atoms with Gasteiger partial charge in [-0.2, -0.15) is 0 Å². The minimum Gasteiger partial charge on any atom is -0.358 e. The summed E-state index contributed by atoms with van der Waals surface area (Å²) in [6, 6.07) is 7.92. The topological polar surface area (TPSA) is 32.9 Å². The van der Waals surface area contributed by atoms with Gasteiger partial charge >= 0.3 is 0 Å². The maximum Gasteiger partial charge on any atom is 0.189 e. The molecule has 2 rings (SSSR count). The van der Waals surface area contributed by atoms with Crippen LogP contribution >= 0.6 is 0 Å². The second kappa shape index (κ2) is 5.38. The van der Waals surface area contributed by atoms with Crippen molar-refractivity contribution in [1.82, 2.24) is 4.98 Å². The first-order valence-corrected chi connectivity index (χ1v) is 6.75. The van der Waals surface area contributed by atoms with E-state index in [-0.39, 0.29) is 5.43 Å². The molecule has 0 aliphatic carbocycles. The van der Waals surface area contributed by atoms with Gasteiger partial charge in [-0.3, -0.25) is 4.79 Å². The van der Waals surface area contributed by atoms with E-state index in [1.807, 2.05) is 12.1 Å². The lowest BCUT2D eigenvalue weighted by Gasteiger charge is -2.08. The Kier molecular flexibility index (Phi) is 3.85. The van der Waals surface area contributed by atoms with Crippen molar-refractivity contribution in [2.24, 2.45) is 5.92 Å². The molecule has 18 heavy (non-hydrogen) atoms. The van der Waals surface area contributed by atoms with Crippen LogP contribution in [0.3, 0.4) is 0 Å². The molecule has 0 saturated carbocycles. The van der Waals surface area contributed by atoms with E-state index in [0.717, 1.165) is 35.9 Å². The first kappa shape index (κ1) is 12.9. The third kappa shape index (κ3) is 2.81. The van der Waals surface area contributed by atoms with Gasteiger partial charge in [-0.05, 0) is 36.5 Å². The summed E-state index contributed by atoms with van der Waals surface area (Å²) in [7, 11) is 0. The maximum absolute atomic E-state index is 12.1. The van der Waals surface area contributed by atoms with Crippen LogP contribution in [0.2, 0.25) is 0 Å². The van der Waals surface area contributed by atoms with Gasteiger partial charge in [-0.15, -0.1) is 0 Å². The largest absolute Gasteiger partial charge is 0.358 e. The van der Waals surface area contributed by atoms with Gasteiger partial charge in [-0.1, -0.05) is 33.3 Å². The Balaban J connectivity index is 2.48. The number of hydrogen-bond acceptors (Lipinski definition) is 1. The Morgan fingerprint density at radius 3 is 2.67 bits per heavy atom. The molecule has 2 heteroatoms. The molecule has 2 aromatic rings. The number of rotatable bonds is 4. The number of benzene rings is 1. The fraction of sp³-hybridized carbons (Fsp3) is 0.438. The summed E-state index contributed by atoms with van der Waals surface area (Å²) in [6.45, 7) is 6.47. The predicted molar refractivity (Wildman–Crippen MR) is 77.1 cm³/mol. The van der Waals surface area contributed by atoms with Crippen LogP contribution in [0.1, 0.15) is 38.4 Å². The molecule has 0 aliphatic rings. The zero-order chi connectivity index (χ0) is 13.1. The Bertz CT molecular complexity index is 596. The Morgan fingerprint density at radius 2 is 2.00 bits per heavy atom. The minimum atomic E-state index is 0.136. The second-order valence-corrected chi connectivity index (χ2v) is 5.39. The van der Waals surface area contributed by atoms with Gasteiger partial charge in [0, 0.05) is 22.7 Å². The Morgan fingerprint density at radius 1 is 1.22 bits per heavy atom. The lowest BCUT2D eigenvalue weighted by Crippen LogP contribution is -2.07. The zero-order valence-corrected chi connectivity index (χ0v) is 11.4. The third-order valence-electron chi connectivity index (χ3n) is 3.12. The molecular weight excluding hydrogens is 222 g/mol. The number of H-pyrrole nitrogens is 1. The number of aromatic nitrogens is 1. The Labute approximate surface area is 108 Å². The minimum absolute atomic E-state index is 0.136. The highest BCUT2D eigenvalue weighted by Crippen LogP contribution is 2.14. The van der Waals surface area contributed by atoms with Crippen LogP contribution in [-0.4, -0.2) is 4.98 Å². The molecular formula is C16H21NO. The highest BCUT2D eigenvalue weighted by Gasteiger charge is 2.05. The monoisotopic (exact) mass is 243 g/mol. The number of aryl methyl sites for hydroxylation is 1. The van der Waals surface area contributed by atoms with Gasteiger partial charge in [0.15, 0.2) is 5.43 Å². The Hall–Kier alpha value is -1.57. The van der Waals surface area contributed by atoms with Crippen LogP contribution < -0.4 is 5.43 Å². The summed E-state index contributed by atoms with van der Waals surface area (Å²) in [6.07, 6.45) is 3.06. The van der Waals surface area contributed by atoms with Crippen molar-refractivity contribution in [1.29, 1.82) is 0 Å². The summed E-state index contributed by atoms with van der Waals surface area (Å²) in [5.74, 6) is 0.553. The van der Waals surface area contributed by atoms with Gasteiger partial charge in [0.05, 0.1) is 0 Å². The summed E-state index contributed by atoms with van der Waals surface area (Å²) in [4.78, 5) is 15.5. The van der Waals surface area contributed by atoms with E-state index in [9.17, 15) is 4.79 Å². The van der Waals surface area contributed by atoms with Crippen molar-refractivity contribution in [2.75, 3.05) is 0 Å². The van der Waals surface area contributed by atoms with E-state index >= 15 is 0 Å². The molecule has 0 bridgehead atoms. The second-order valence-electron chi connectivity index (χ2n) is 5.39. The van der Waals surface area contributed by atoms with Gasteiger partial charge in [0.1, 0.15) is 0 Å². The van der Waals surface area contributed by atoms with Crippen molar-refractivity contribution < 1.29 is 0 Å². The normalized spacial score (nSPS) is 11.3. The molecule has 2 nitrogen and oxygen atoms in total. The van der Waals surface area contributed by atoms with Crippen molar-refractivity contribution >= 4 is 10.9 Å². The molecule has 1 aromatic carbocycles. The van der Waals surface area contributed by atoms with Crippen LogP contribution in [0.4, 0.5) is 0 Å². The lowest BCUT2D eigenvalue weighted by atomic mass is 10.0. The van der Waals surface area contributed by atoms with Crippen LogP contribution in [0.15, 0.2) is 29.1 Å². The summed E-state index contributed by atoms with van der Waals surface area (Å²) in [5.41, 5.74) is 3.37. The first-order chi connectivity index (χ1) is 8.60. The molecule has 0 fully saturated rings. The van der Waals surface area contributed by atoms with E-state index in [1.54, 1.807) is 6.07 Å². The standard InChI is InChI=1S/C16H21NO/c1-4-5-12-6-7-15-14(9-12)16(18)10-13(17-15)8-11(2)3/h6-7,9-11H,4-5,8H2,1-3H3,(H,17,18). The van der Waals surface area contributed by atoms with Gasteiger partial charge in [0.2, 0.25) is 0 Å². The SMILES string of the molecule is CCCc1ccc2[nH]c(CC(C)C)cc(=O)c2c1. The molecule has 0 spiro atoms. The predicted octanol–water partition coefficient (Wildman–Crippen LogP) is 3.68.